The second-order valence-corrected chi connectivity index (χ2v) is 4.37. The van der Waals surface area contributed by atoms with E-state index in [1.54, 1.807) is 12.4 Å². The smallest absolute Gasteiger partial charge is 0.222 e. The Balaban J connectivity index is 1.85. The Morgan fingerprint density at radius 1 is 1.44 bits per heavy atom. The number of hydrogen-bond donors (Lipinski definition) is 0. The summed E-state index contributed by atoms with van der Waals surface area (Å²) in [6, 6.07) is 0. The SMILES string of the molecule is O=C1CC(CCl)CN1CCc1cncnc1. The van der Waals surface area contributed by atoms with Gasteiger partial charge >= 0.3 is 0 Å². The zero-order chi connectivity index (χ0) is 11.4. The molecular weight excluding hydrogens is 226 g/mol. The Kier molecular flexibility index (Phi) is 3.72. The predicted octanol–water partition coefficient (Wildman–Crippen LogP) is 1.11. The van der Waals surface area contributed by atoms with Crippen LogP contribution in [0.4, 0.5) is 0 Å². The summed E-state index contributed by atoms with van der Waals surface area (Å²) in [7, 11) is 0. The Morgan fingerprint density at radius 3 is 2.81 bits per heavy atom. The highest BCUT2D eigenvalue weighted by Gasteiger charge is 2.28. The molecule has 2 heterocycles. The molecule has 0 spiro atoms. The van der Waals surface area contributed by atoms with E-state index in [1.165, 1.54) is 6.33 Å². The molecule has 1 saturated heterocycles. The van der Waals surface area contributed by atoms with Gasteiger partial charge in [-0.2, -0.15) is 0 Å². The van der Waals surface area contributed by atoms with E-state index >= 15 is 0 Å². The molecule has 86 valence electrons. The van der Waals surface area contributed by atoms with Gasteiger partial charge in [-0.25, -0.2) is 9.97 Å². The molecule has 4 nitrogen and oxygen atoms in total. The third kappa shape index (κ3) is 2.70. The van der Waals surface area contributed by atoms with Crippen LogP contribution in [-0.2, 0) is 11.2 Å². The Hall–Kier alpha value is -1.16. The van der Waals surface area contributed by atoms with Crippen LogP contribution in [0.2, 0.25) is 0 Å². The number of nitrogens with zero attached hydrogens (tertiary/aromatic N) is 3. The van der Waals surface area contributed by atoms with Gasteiger partial charge in [-0.05, 0) is 17.9 Å². The van der Waals surface area contributed by atoms with Gasteiger partial charge in [0.2, 0.25) is 5.91 Å². The van der Waals surface area contributed by atoms with Crippen LogP contribution in [0.15, 0.2) is 18.7 Å². The highest BCUT2D eigenvalue weighted by Crippen LogP contribution is 2.18. The van der Waals surface area contributed by atoms with Crippen molar-refractivity contribution in [3.63, 3.8) is 0 Å². The van der Waals surface area contributed by atoms with Crippen molar-refractivity contribution in [1.82, 2.24) is 14.9 Å². The van der Waals surface area contributed by atoms with Crippen LogP contribution in [0, 0.1) is 5.92 Å². The average molecular weight is 240 g/mol. The monoisotopic (exact) mass is 239 g/mol. The third-order valence-corrected chi connectivity index (χ3v) is 3.23. The van der Waals surface area contributed by atoms with E-state index in [4.69, 9.17) is 11.6 Å². The first-order valence-corrected chi connectivity index (χ1v) is 5.90. The molecule has 0 aromatic carbocycles. The number of carbonyl (C=O) groups is 1. The first-order chi connectivity index (χ1) is 7.79. The van der Waals surface area contributed by atoms with E-state index < -0.39 is 0 Å². The van der Waals surface area contributed by atoms with Gasteiger partial charge in [-0.3, -0.25) is 4.79 Å². The number of amides is 1. The minimum absolute atomic E-state index is 0.211. The second kappa shape index (κ2) is 5.25. The number of aromatic nitrogens is 2. The molecule has 1 amide bonds. The lowest BCUT2D eigenvalue weighted by Crippen LogP contribution is -2.27. The number of rotatable bonds is 4. The molecule has 1 aliphatic rings. The molecule has 16 heavy (non-hydrogen) atoms. The van der Waals surface area contributed by atoms with Crippen molar-refractivity contribution in [3.8, 4) is 0 Å². The molecule has 1 atom stereocenters. The molecule has 0 aliphatic carbocycles. The highest BCUT2D eigenvalue weighted by atomic mass is 35.5. The van der Waals surface area contributed by atoms with E-state index in [0.29, 0.717) is 18.2 Å². The molecule has 0 bridgehead atoms. The van der Waals surface area contributed by atoms with Crippen LogP contribution in [0.25, 0.3) is 0 Å². The zero-order valence-electron chi connectivity index (χ0n) is 8.97. The summed E-state index contributed by atoms with van der Waals surface area (Å²) in [6.45, 7) is 1.52. The van der Waals surface area contributed by atoms with Crippen molar-refractivity contribution >= 4 is 17.5 Å². The zero-order valence-corrected chi connectivity index (χ0v) is 9.73. The van der Waals surface area contributed by atoms with Crippen molar-refractivity contribution < 1.29 is 4.79 Å². The van der Waals surface area contributed by atoms with E-state index in [2.05, 4.69) is 9.97 Å². The van der Waals surface area contributed by atoms with Gasteiger partial charge in [0.1, 0.15) is 6.33 Å². The topological polar surface area (TPSA) is 46.1 Å². The van der Waals surface area contributed by atoms with Crippen molar-refractivity contribution in [2.45, 2.75) is 12.8 Å². The molecule has 1 unspecified atom stereocenters. The molecular formula is C11H14ClN3O. The summed E-state index contributed by atoms with van der Waals surface area (Å²) < 4.78 is 0. The van der Waals surface area contributed by atoms with Gasteiger partial charge in [0, 0.05) is 37.8 Å². The molecule has 1 aromatic heterocycles. The molecule has 0 N–H and O–H groups in total. The molecule has 2 rings (SSSR count). The number of halogens is 1. The number of hydrogen-bond acceptors (Lipinski definition) is 3. The van der Waals surface area contributed by atoms with Crippen LogP contribution in [0.3, 0.4) is 0 Å². The Bertz CT molecular complexity index is 358. The van der Waals surface area contributed by atoms with E-state index in [-0.39, 0.29) is 5.91 Å². The first-order valence-electron chi connectivity index (χ1n) is 5.37. The van der Waals surface area contributed by atoms with Crippen molar-refractivity contribution in [2.24, 2.45) is 5.92 Å². The van der Waals surface area contributed by atoms with Gasteiger partial charge in [0.05, 0.1) is 0 Å². The molecule has 0 radical (unpaired) electrons. The fourth-order valence-electron chi connectivity index (χ4n) is 1.90. The normalized spacial score (nSPS) is 20.4. The van der Waals surface area contributed by atoms with Crippen molar-refractivity contribution in [3.05, 3.63) is 24.3 Å². The summed E-state index contributed by atoms with van der Waals surface area (Å²) in [5, 5.41) is 0. The predicted molar refractivity (Wildman–Crippen MR) is 61.1 cm³/mol. The summed E-state index contributed by atoms with van der Waals surface area (Å²) in [4.78, 5) is 21.4. The van der Waals surface area contributed by atoms with E-state index in [0.717, 1.165) is 25.1 Å². The number of carbonyl (C=O) groups excluding carboxylic acids is 1. The number of likely N-dealkylation sites (tertiary alicyclic amines) is 1. The summed E-state index contributed by atoms with van der Waals surface area (Å²) in [5.41, 5.74) is 1.06. The summed E-state index contributed by atoms with van der Waals surface area (Å²) in [6.07, 6.45) is 6.48. The molecule has 1 aliphatic heterocycles. The van der Waals surface area contributed by atoms with E-state index in [1.807, 2.05) is 4.90 Å². The molecule has 0 saturated carbocycles. The average Bonchev–Trinajstić information content (AvgIpc) is 2.69. The van der Waals surface area contributed by atoms with Crippen molar-refractivity contribution in [2.75, 3.05) is 19.0 Å². The largest absolute Gasteiger partial charge is 0.342 e. The standard InChI is InChI=1S/C11H14ClN3O/c12-4-10-3-11(16)15(7-10)2-1-9-5-13-8-14-6-9/h5-6,8,10H,1-4,7H2. The fourth-order valence-corrected chi connectivity index (χ4v) is 2.10. The highest BCUT2D eigenvalue weighted by molar-refractivity contribution is 6.18. The third-order valence-electron chi connectivity index (χ3n) is 2.80. The number of alkyl halides is 1. The van der Waals surface area contributed by atoms with E-state index in [9.17, 15) is 4.79 Å². The maximum absolute atomic E-state index is 11.6. The maximum atomic E-state index is 11.6. The Morgan fingerprint density at radius 2 is 2.19 bits per heavy atom. The minimum atomic E-state index is 0.211. The van der Waals surface area contributed by atoms with Gasteiger partial charge < -0.3 is 4.90 Å². The summed E-state index contributed by atoms with van der Waals surface area (Å²) in [5.74, 6) is 1.10. The van der Waals surface area contributed by atoms with Gasteiger partial charge in [0.15, 0.2) is 0 Å². The van der Waals surface area contributed by atoms with Crippen LogP contribution in [0.5, 0.6) is 0 Å². The lowest BCUT2D eigenvalue weighted by molar-refractivity contribution is -0.127. The minimum Gasteiger partial charge on any atom is -0.342 e. The molecule has 1 aromatic rings. The summed E-state index contributed by atoms with van der Waals surface area (Å²) >= 11 is 5.76. The first kappa shape index (κ1) is 11.3. The van der Waals surface area contributed by atoms with Crippen LogP contribution < -0.4 is 0 Å². The second-order valence-electron chi connectivity index (χ2n) is 4.06. The lowest BCUT2D eigenvalue weighted by Gasteiger charge is -2.15. The van der Waals surface area contributed by atoms with Gasteiger partial charge in [-0.15, -0.1) is 11.6 Å². The molecule has 1 fully saturated rings. The molecule has 5 heteroatoms. The van der Waals surface area contributed by atoms with Gasteiger partial charge in [-0.1, -0.05) is 0 Å². The van der Waals surface area contributed by atoms with Crippen LogP contribution in [0.1, 0.15) is 12.0 Å². The van der Waals surface area contributed by atoms with Gasteiger partial charge in [0.25, 0.3) is 0 Å². The van der Waals surface area contributed by atoms with Crippen molar-refractivity contribution in [1.29, 1.82) is 0 Å². The van der Waals surface area contributed by atoms with Crippen LogP contribution in [-0.4, -0.2) is 39.7 Å². The fraction of sp³-hybridized carbons (Fsp3) is 0.545. The Labute approximate surface area is 99.6 Å². The quantitative estimate of drug-likeness (QED) is 0.740. The van der Waals surface area contributed by atoms with Crippen LogP contribution >= 0.6 is 11.6 Å². The maximum Gasteiger partial charge on any atom is 0.222 e. The lowest BCUT2D eigenvalue weighted by atomic mass is 10.1.